The fourth-order valence-electron chi connectivity index (χ4n) is 1.25. The number of benzene rings is 1. The van der Waals surface area contributed by atoms with Crippen LogP contribution in [0.15, 0.2) is 18.2 Å². The fraction of sp³-hybridized carbons (Fsp3) is 0.300. The Kier molecular flexibility index (Phi) is 4.66. The van der Waals surface area contributed by atoms with Gasteiger partial charge in [0.2, 0.25) is 0 Å². The molecule has 1 aromatic rings. The Bertz CT molecular complexity index is 419. The Morgan fingerprint density at radius 1 is 1.56 bits per heavy atom. The summed E-state index contributed by atoms with van der Waals surface area (Å²) in [7, 11) is 0. The van der Waals surface area contributed by atoms with Crippen molar-refractivity contribution in [2.45, 2.75) is 13.3 Å². The summed E-state index contributed by atoms with van der Waals surface area (Å²) in [6.45, 7) is 1.97. The predicted octanol–water partition coefficient (Wildman–Crippen LogP) is 2.31. The Morgan fingerprint density at radius 3 is 2.81 bits per heavy atom. The second-order valence-electron chi connectivity index (χ2n) is 2.98. The van der Waals surface area contributed by atoms with Crippen LogP contribution in [0, 0.1) is 13.7 Å². The maximum Gasteiger partial charge on any atom is 0.310 e. The lowest BCUT2D eigenvalue weighted by molar-refractivity contribution is -0.385. The normalized spacial score (nSPS) is 9.88. The molecule has 16 heavy (non-hydrogen) atoms. The van der Waals surface area contributed by atoms with E-state index in [0.29, 0.717) is 9.13 Å². The minimum atomic E-state index is -0.489. The highest BCUT2D eigenvalue weighted by Crippen LogP contribution is 2.24. The number of carbonyl (C=O) groups is 1. The molecule has 6 heteroatoms. The first-order valence-corrected chi connectivity index (χ1v) is 5.71. The molecule has 0 heterocycles. The van der Waals surface area contributed by atoms with E-state index >= 15 is 0 Å². The molecule has 0 aliphatic heterocycles. The summed E-state index contributed by atoms with van der Waals surface area (Å²) in [5.74, 6) is -0.449. The summed E-state index contributed by atoms with van der Waals surface area (Å²) in [5, 5.41) is 10.8. The van der Waals surface area contributed by atoms with Gasteiger partial charge in [0, 0.05) is 9.64 Å². The predicted molar refractivity (Wildman–Crippen MR) is 66.2 cm³/mol. The van der Waals surface area contributed by atoms with E-state index in [1.807, 2.05) is 22.6 Å². The van der Waals surface area contributed by atoms with Crippen molar-refractivity contribution >= 4 is 34.2 Å². The van der Waals surface area contributed by atoms with Crippen molar-refractivity contribution in [2.24, 2.45) is 0 Å². The number of halogens is 1. The number of hydrogen-bond donors (Lipinski definition) is 0. The molecule has 0 N–H and O–H groups in total. The first-order valence-electron chi connectivity index (χ1n) is 4.63. The van der Waals surface area contributed by atoms with Crippen molar-refractivity contribution in [3.05, 3.63) is 37.4 Å². The van der Waals surface area contributed by atoms with E-state index in [1.54, 1.807) is 19.1 Å². The maximum absolute atomic E-state index is 11.3. The van der Waals surface area contributed by atoms with Gasteiger partial charge in [-0.15, -0.1) is 0 Å². The van der Waals surface area contributed by atoms with Gasteiger partial charge >= 0.3 is 5.97 Å². The molecule has 0 amide bonds. The fourth-order valence-corrected chi connectivity index (χ4v) is 1.92. The van der Waals surface area contributed by atoms with Crippen LogP contribution in [-0.2, 0) is 16.0 Å². The third kappa shape index (κ3) is 3.16. The van der Waals surface area contributed by atoms with Gasteiger partial charge < -0.3 is 4.74 Å². The van der Waals surface area contributed by atoms with Gasteiger partial charge in [0.25, 0.3) is 5.69 Å². The van der Waals surface area contributed by atoms with Gasteiger partial charge in [-0.1, -0.05) is 6.07 Å². The van der Waals surface area contributed by atoms with E-state index in [2.05, 4.69) is 0 Å². The van der Waals surface area contributed by atoms with Crippen molar-refractivity contribution < 1.29 is 14.5 Å². The molecular formula is C10H10INO4. The van der Waals surface area contributed by atoms with Crippen molar-refractivity contribution in [1.29, 1.82) is 0 Å². The van der Waals surface area contributed by atoms with Gasteiger partial charge in [-0.3, -0.25) is 14.9 Å². The molecule has 0 unspecified atom stereocenters. The molecule has 0 fully saturated rings. The number of hydrogen-bond acceptors (Lipinski definition) is 4. The van der Waals surface area contributed by atoms with Crippen LogP contribution in [0.25, 0.3) is 0 Å². The molecule has 0 aliphatic rings. The van der Waals surface area contributed by atoms with Crippen LogP contribution in [0.3, 0.4) is 0 Å². The summed E-state index contributed by atoms with van der Waals surface area (Å²) < 4.78 is 5.46. The maximum atomic E-state index is 11.3. The third-order valence-corrected chi connectivity index (χ3v) is 2.93. The molecule has 0 bridgehead atoms. The van der Waals surface area contributed by atoms with Gasteiger partial charge in [0.05, 0.1) is 23.5 Å². The van der Waals surface area contributed by atoms with E-state index in [4.69, 9.17) is 4.74 Å². The summed E-state index contributed by atoms with van der Waals surface area (Å²) >= 11 is 1.97. The van der Waals surface area contributed by atoms with Gasteiger partial charge in [-0.05, 0) is 35.6 Å². The molecule has 1 aromatic carbocycles. The summed E-state index contributed by atoms with van der Waals surface area (Å²) in [6, 6.07) is 4.70. The largest absolute Gasteiger partial charge is 0.466 e. The number of nitrogens with zero attached hydrogens (tertiary/aromatic N) is 1. The van der Waals surface area contributed by atoms with Crippen LogP contribution < -0.4 is 0 Å². The highest BCUT2D eigenvalue weighted by atomic mass is 127. The van der Waals surface area contributed by atoms with E-state index in [1.165, 1.54) is 6.07 Å². The van der Waals surface area contributed by atoms with Crippen LogP contribution >= 0.6 is 22.6 Å². The minimum absolute atomic E-state index is 0.0417. The molecule has 5 nitrogen and oxygen atoms in total. The highest BCUT2D eigenvalue weighted by Gasteiger charge is 2.19. The number of rotatable bonds is 4. The molecule has 0 radical (unpaired) electrons. The second-order valence-corrected chi connectivity index (χ2v) is 4.14. The quantitative estimate of drug-likeness (QED) is 0.366. The molecule has 86 valence electrons. The second kappa shape index (κ2) is 5.78. The van der Waals surface area contributed by atoms with Gasteiger partial charge in [0.15, 0.2) is 0 Å². The van der Waals surface area contributed by atoms with Gasteiger partial charge in [0.1, 0.15) is 0 Å². The first kappa shape index (κ1) is 12.9. The van der Waals surface area contributed by atoms with Crippen LogP contribution in [-0.4, -0.2) is 17.5 Å². The van der Waals surface area contributed by atoms with Crippen molar-refractivity contribution in [1.82, 2.24) is 0 Å². The van der Waals surface area contributed by atoms with Crippen molar-refractivity contribution in [2.75, 3.05) is 6.61 Å². The van der Waals surface area contributed by atoms with E-state index in [-0.39, 0.29) is 18.7 Å². The Hall–Kier alpha value is -1.18. The van der Waals surface area contributed by atoms with E-state index in [0.717, 1.165) is 0 Å². The number of nitro benzene ring substituents is 1. The average Bonchev–Trinajstić information content (AvgIpc) is 2.21. The SMILES string of the molecule is CCOC(=O)Cc1c(I)cccc1[N+](=O)[O-]. The molecule has 0 saturated heterocycles. The Morgan fingerprint density at radius 2 is 2.25 bits per heavy atom. The Labute approximate surface area is 106 Å². The van der Waals surface area contributed by atoms with E-state index < -0.39 is 10.9 Å². The molecule has 0 spiro atoms. The lowest BCUT2D eigenvalue weighted by atomic mass is 10.1. The minimum Gasteiger partial charge on any atom is -0.466 e. The van der Waals surface area contributed by atoms with Gasteiger partial charge in [-0.2, -0.15) is 0 Å². The zero-order valence-electron chi connectivity index (χ0n) is 8.60. The van der Waals surface area contributed by atoms with Crippen LogP contribution in [0.2, 0.25) is 0 Å². The molecule has 1 rings (SSSR count). The number of esters is 1. The first-order chi connectivity index (χ1) is 7.56. The lowest BCUT2D eigenvalue weighted by Crippen LogP contribution is -2.10. The highest BCUT2D eigenvalue weighted by molar-refractivity contribution is 14.1. The zero-order valence-corrected chi connectivity index (χ0v) is 10.8. The topological polar surface area (TPSA) is 69.4 Å². The average molecular weight is 335 g/mol. The smallest absolute Gasteiger partial charge is 0.310 e. The summed E-state index contributed by atoms with van der Waals surface area (Å²) in [5.41, 5.74) is 0.367. The van der Waals surface area contributed by atoms with Crippen LogP contribution in [0.4, 0.5) is 5.69 Å². The third-order valence-electron chi connectivity index (χ3n) is 1.92. The lowest BCUT2D eigenvalue weighted by Gasteiger charge is -2.05. The van der Waals surface area contributed by atoms with Crippen LogP contribution in [0.5, 0.6) is 0 Å². The monoisotopic (exact) mass is 335 g/mol. The number of carbonyl (C=O) groups excluding carboxylic acids is 1. The summed E-state index contributed by atoms with van der Waals surface area (Å²) in [4.78, 5) is 21.6. The number of nitro groups is 1. The molecule has 0 atom stereocenters. The molecule has 0 aromatic heterocycles. The Balaban J connectivity index is 3.01. The summed E-state index contributed by atoms with van der Waals surface area (Å²) in [6.07, 6.45) is -0.0662. The molecule has 0 aliphatic carbocycles. The van der Waals surface area contributed by atoms with Crippen molar-refractivity contribution in [3.8, 4) is 0 Å². The van der Waals surface area contributed by atoms with Gasteiger partial charge in [-0.25, -0.2) is 0 Å². The van der Waals surface area contributed by atoms with Crippen LogP contribution in [0.1, 0.15) is 12.5 Å². The van der Waals surface area contributed by atoms with Crippen molar-refractivity contribution in [3.63, 3.8) is 0 Å². The molecular weight excluding hydrogens is 325 g/mol. The van der Waals surface area contributed by atoms with E-state index in [9.17, 15) is 14.9 Å². The standard InChI is InChI=1S/C10H10INO4/c1-2-16-10(13)6-7-8(11)4-3-5-9(7)12(14)15/h3-5H,2,6H2,1H3. The molecule has 0 saturated carbocycles. The number of ether oxygens (including phenoxy) is 1. The zero-order chi connectivity index (χ0) is 12.1.